The number of benzene rings is 2. The first-order valence-corrected chi connectivity index (χ1v) is 10.2. The van der Waals surface area contributed by atoms with Gasteiger partial charge in [0.05, 0.1) is 10.2 Å². The smallest absolute Gasteiger partial charge is 0.257 e. The van der Waals surface area contributed by atoms with Gasteiger partial charge in [0.25, 0.3) is 5.91 Å². The molecule has 2 aromatic carbocycles. The fourth-order valence-corrected chi connectivity index (χ4v) is 4.81. The third-order valence-electron chi connectivity index (χ3n) is 3.51. The van der Waals surface area contributed by atoms with Crippen molar-refractivity contribution in [1.82, 2.24) is 9.97 Å². The first-order valence-electron chi connectivity index (χ1n) is 7.56. The fraction of sp³-hybridized carbons (Fsp3) is 0.0556. The molecule has 0 aliphatic carbocycles. The molecule has 124 valence electrons. The van der Waals surface area contributed by atoms with Gasteiger partial charge in [-0.3, -0.25) is 10.1 Å². The zero-order valence-corrected chi connectivity index (χ0v) is 15.5. The molecule has 0 fully saturated rings. The summed E-state index contributed by atoms with van der Waals surface area (Å²) >= 11 is 4.83. The molecule has 0 aliphatic rings. The van der Waals surface area contributed by atoms with Crippen LogP contribution in [-0.2, 0) is 5.75 Å². The highest BCUT2D eigenvalue weighted by Crippen LogP contribution is 2.31. The van der Waals surface area contributed by atoms with E-state index >= 15 is 0 Å². The summed E-state index contributed by atoms with van der Waals surface area (Å²) in [7, 11) is 0. The van der Waals surface area contributed by atoms with Crippen molar-refractivity contribution in [3.8, 4) is 0 Å². The number of carbonyl (C=O) groups is 1. The predicted octanol–water partition coefficient (Wildman–Crippen LogP) is 5.30. The molecule has 1 N–H and O–H groups in total. The Kier molecular flexibility index (Phi) is 4.78. The number of hydrogen-bond acceptors (Lipinski definition) is 6. The van der Waals surface area contributed by atoms with Crippen LogP contribution in [0.3, 0.4) is 0 Å². The number of para-hydroxylation sites is 1. The molecule has 4 aromatic rings. The normalized spacial score (nSPS) is 10.9. The van der Waals surface area contributed by atoms with Crippen molar-refractivity contribution in [3.63, 3.8) is 0 Å². The van der Waals surface area contributed by atoms with Crippen molar-refractivity contribution in [2.75, 3.05) is 5.32 Å². The van der Waals surface area contributed by atoms with E-state index < -0.39 is 0 Å². The average Bonchev–Trinajstić information content (AvgIpc) is 3.29. The van der Waals surface area contributed by atoms with Crippen molar-refractivity contribution in [3.05, 3.63) is 71.2 Å². The number of anilines is 1. The zero-order valence-electron chi connectivity index (χ0n) is 13.0. The van der Waals surface area contributed by atoms with Gasteiger partial charge in [-0.2, -0.15) is 0 Å². The number of amides is 1. The molecule has 7 heteroatoms. The van der Waals surface area contributed by atoms with E-state index in [9.17, 15) is 4.79 Å². The number of carbonyl (C=O) groups excluding carboxylic acids is 1. The summed E-state index contributed by atoms with van der Waals surface area (Å²) in [5.74, 6) is 0.689. The molecule has 4 rings (SSSR count). The van der Waals surface area contributed by atoms with E-state index in [0.29, 0.717) is 10.7 Å². The molecule has 0 radical (unpaired) electrons. The first-order chi connectivity index (χ1) is 12.3. The van der Waals surface area contributed by atoms with Crippen molar-refractivity contribution in [1.29, 1.82) is 0 Å². The van der Waals surface area contributed by atoms with E-state index in [4.69, 9.17) is 0 Å². The van der Waals surface area contributed by atoms with Gasteiger partial charge in [-0.1, -0.05) is 36.0 Å². The highest BCUT2D eigenvalue weighted by molar-refractivity contribution is 8.00. The van der Waals surface area contributed by atoms with Crippen LogP contribution in [0.15, 0.2) is 64.4 Å². The lowest BCUT2D eigenvalue weighted by Crippen LogP contribution is -2.11. The molecule has 0 saturated heterocycles. The second-order valence-corrected chi connectivity index (χ2v) is 8.37. The molecular weight excluding hydrogens is 370 g/mol. The maximum Gasteiger partial charge on any atom is 0.257 e. The highest BCUT2D eigenvalue weighted by Gasteiger charge is 2.08. The number of thiazole rings is 2. The number of nitrogens with zero attached hydrogens (tertiary/aromatic N) is 2. The van der Waals surface area contributed by atoms with E-state index in [1.54, 1.807) is 29.3 Å². The number of thioether (sulfide) groups is 1. The van der Waals surface area contributed by atoms with Gasteiger partial charge in [0, 0.05) is 22.9 Å². The molecule has 2 aromatic heterocycles. The van der Waals surface area contributed by atoms with Gasteiger partial charge in [0.2, 0.25) is 0 Å². The van der Waals surface area contributed by atoms with Gasteiger partial charge >= 0.3 is 0 Å². The molecule has 0 unspecified atom stereocenters. The van der Waals surface area contributed by atoms with E-state index in [1.807, 2.05) is 47.8 Å². The Bertz CT molecular complexity index is 961. The molecule has 0 spiro atoms. The topological polar surface area (TPSA) is 54.9 Å². The minimum absolute atomic E-state index is 0.139. The van der Waals surface area contributed by atoms with Gasteiger partial charge in [-0.05, 0) is 29.8 Å². The molecule has 2 heterocycles. The second-order valence-electron chi connectivity index (χ2n) is 5.22. The summed E-state index contributed by atoms with van der Waals surface area (Å²) in [5.41, 5.74) is 2.84. The van der Waals surface area contributed by atoms with Gasteiger partial charge in [-0.15, -0.1) is 22.7 Å². The minimum Gasteiger partial charge on any atom is -0.298 e. The molecule has 4 nitrogen and oxygen atoms in total. The maximum atomic E-state index is 12.1. The predicted molar refractivity (Wildman–Crippen MR) is 106 cm³/mol. The Hall–Kier alpha value is -2.22. The van der Waals surface area contributed by atoms with Crippen molar-refractivity contribution >= 4 is 55.7 Å². The Morgan fingerprint density at radius 1 is 1.12 bits per heavy atom. The van der Waals surface area contributed by atoms with Gasteiger partial charge < -0.3 is 0 Å². The second kappa shape index (κ2) is 7.35. The van der Waals surface area contributed by atoms with Crippen LogP contribution in [0.1, 0.15) is 15.9 Å². The maximum absolute atomic E-state index is 12.1. The van der Waals surface area contributed by atoms with E-state index in [2.05, 4.69) is 21.4 Å². The van der Waals surface area contributed by atoms with Crippen LogP contribution in [0, 0.1) is 0 Å². The number of fused-ring (bicyclic) bond motifs is 1. The van der Waals surface area contributed by atoms with Crippen LogP contribution in [0.2, 0.25) is 0 Å². The summed E-state index contributed by atoms with van der Waals surface area (Å²) in [6.07, 6.45) is 1.67. The van der Waals surface area contributed by atoms with Gasteiger partial charge in [0.15, 0.2) is 9.47 Å². The third kappa shape index (κ3) is 3.89. The molecule has 1 amide bonds. The summed E-state index contributed by atoms with van der Waals surface area (Å²) < 4.78 is 2.27. The molecule has 0 aliphatic heterocycles. The molecule has 0 saturated carbocycles. The lowest BCUT2D eigenvalue weighted by molar-refractivity contribution is 0.102. The monoisotopic (exact) mass is 383 g/mol. The largest absolute Gasteiger partial charge is 0.298 e. The van der Waals surface area contributed by atoms with E-state index in [1.165, 1.54) is 16.0 Å². The summed E-state index contributed by atoms with van der Waals surface area (Å²) in [6.45, 7) is 0. The number of aromatic nitrogens is 2. The Labute approximate surface area is 157 Å². The summed E-state index contributed by atoms with van der Waals surface area (Å²) in [4.78, 5) is 20.8. The number of hydrogen-bond donors (Lipinski definition) is 1. The SMILES string of the molecule is O=C(Nc1nccs1)c1ccc(CSc2nc3ccccc3s2)cc1. The van der Waals surface area contributed by atoms with E-state index in [0.717, 1.165) is 21.2 Å². The fourth-order valence-electron chi connectivity index (χ4n) is 2.26. The van der Waals surface area contributed by atoms with Crippen molar-refractivity contribution < 1.29 is 4.79 Å². The lowest BCUT2D eigenvalue weighted by Gasteiger charge is -2.03. The Morgan fingerprint density at radius 3 is 2.72 bits per heavy atom. The van der Waals surface area contributed by atoms with Crippen molar-refractivity contribution in [2.24, 2.45) is 0 Å². The van der Waals surface area contributed by atoms with E-state index in [-0.39, 0.29) is 5.91 Å². The van der Waals surface area contributed by atoms with Crippen LogP contribution in [0.5, 0.6) is 0 Å². The van der Waals surface area contributed by atoms with Crippen LogP contribution in [0.25, 0.3) is 10.2 Å². The van der Waals surface area contributed by atoms with Crippen molar-refractivity contribution in [2.45, 2.75) is 10.1 Å². The average molecular weight is 384 g/mol. The van der Waals surface area contributed by atoms with Crippen LogP contribution in [0.4, 0.5) is 5.13 Å². The van der Waals surface area contributed by atoms with Crippen LogP contribution >= 0.6 is 34.4 Å². The Morgan fingerprint density at radius 2 is 1.96 bits per heavy atom. The highest BCUT2D eigenvalue weighted by atomic mass is 32.2. The van der Waals surface area contributed by atoms with Gasteiger partial charge in [-0.25, -0.2) is 9.97 Å². The molecular formula is C18H13N3OS3. The lowest BCUT2D eigenvalue weighted by atomic mass is 10.1. The van der Waals surface area contributed by atoms with Crippen LogP contribution < -0.4 is 5.32 Å². The number of nitrogens with one attached hydrogen (secondary N) is 1. The van der Waals surface area contributed by atoms with Crippen LogP contribution in [-0.4, -0.2) is 15.9 Å². The first kappa shape index (κ1) is 16.3. The molecule has 0 atom stereocenters. The summed E-state index contributed by atoms with van der Waals surface area (Å²) in [6, 6.07) is 15.8. The Balaban J connectivity index is 1.39. The quantitative estimate of drug-likeness (QED) is 0.475. The summed E-state index contributed by atoms with van der Waals surface area (Å²) in [5, 5.41) is 5.23. The number of rotatable bonds is 5. The molecule has 0 bridgehead atoms. The third-order valence-corrected chi connectivity index (χ3v) is 6.44. The standard InChI is InChI=1S/C18H13N3OS3/c22-16(21-17-19-9-10-23-17)13-7-5-12(6-8-13)11-24-18-20-14-3-1-2-4-15(14)25-18/h1-10H,11H2,(H,19,21,22). The molecule has 25 heavy (non-hydrogen) atoms. The zero-order chi connectivity index (χ0) is 17.1. The van der Waals surface area contributed by atoms with Gasteiger partial charge in [0.1, 0.15) is 0 Å². The minimum atomic E-state index is -0.139.